The minimum atomic E-state index is -3.87. The van der Waals surface area contributed by atoms with E-state index in [-0.39, 0.29) is 35.1 Å². The van der Waals surface area contributed by atoms with Gasteiger partial charge in [0.05, 0.1) is 29.0 Å². The first kappa shape index (κ1) is 25.2. The summed E-state index contributed by atoms with van der Waals surface area (Å²) < 4.78 is 29.5. The summed E-state index contributed by atoms with van der Waals surface area (Å²) in [6.07, 6.45) is 3.47. The summed E-state index contributed by atoms with van der Waals surface area (Å²) in [4.78, 5) is 29.4. The van der Waals surface area contributed by atoms with Crippen LogP contribution in [0.1, 0.15) is 56.2 Å². The lowest BCUT2D eigenvalue weighted by atomic mass is 9.81. The molecule has 2 aromatic rings. The lowest BCUT2D eigenvalue weighted by Gasteiger charge is -2.22. The Balaban J connectivity index is 1.56. The van der Waals surface area contributed by atoms with Crippen molar-refractivity contribution in [1.29, 1.82) is 0 Å². The number of carbonyl (C=O) groups excluding carboxylic acids is 2. The maximum absolute atomic E-state index is 13.4. The maximum Gasteiger partial charge on any atom is 0.262 e. The van der Waals surface area contributed by atoms with Crippen molar-refractivity contribution in [2.75, 3.05) is 22.7 Å². The molecule has 4 rings (SSSR count). The van der Waals surface area contributed by atoms with Gasteiger partial charge < -0.3 is 4.90 Å². The number of imide groups is 1. The zero-order valence-corrected chi connectivity index (χ0v) is 21.8. The Bertz CT molecular complexity index is 1210. The molecule has 0 bridgehead atoms. The van der Waals surface area contributed by atoms with Crippen LogP contribution in [0.5, 0.6) is 0 Å². The topological polar surface area (TPSA) is 86.8 Å². The Labute approximate surface area is 208 Å². The number of fused-ring (bicyclic) bond motifs is 1. The Morgan fingerprint density at radius 3 is 2.11 bits per heavy atom. The largest absolute Gasteiger partial charge is 0.372 e. The third-order valence-corrected chi connectivity index (χ3v) is 8.91. The summed E-state index contributed by atoms with van der Waals surface area (Å²) in [5.74, 6) is -0.666. The number of nitrogens with zero attached hydrogens (tertiary/aromatic N) is 2. The number of hydrogen-bond acceptors (Lipinski definition) is 5. The van der Waals surface area contributed by atoms with Gasteiger partial charge in [-0.3, -0.25) is 19.2 Å². The molecule has 1 aliphatic carbocycles. The molecule has 2 fully saturated rings. The number of nitrogens with one attached hydrogen (secondary N) is 1. The van der Waals surface area contributed by atoms with E-state index in [4.69, 9.17) is 0 Å². The van der Waals surface area contributed by atoms with Gasteiger partial charge in [-0.2, -0.15) is 0 Å². The molecular formula is C27H35N3O4S. The molecule has 1 heterocycles. The van der Waals surface area contributed by atoms with Crippen molar-refractivity contribution in [3.8, 4) is 0 Å². The van der Waals surface area contributed by atoms with Crippen molar-refractivity contribution in [2.24, 2.45) is 11.8 Å². The fourth-order valence-corrected chi connectivity index (χ4v) is 6.78. The highest BCUT2D eigenvalue weighted by molar-refractivity contribution is 7.92. The molecule has 1 N–H and O–H groups in total. The third-order valence-electron chi connectivity index (χ3n) is 7.40. The SMILES string of the molecule is CCN(CC)c1ccc(NS(=O)(=O)c2cc(CN3C(=O)[C@@H]4CCCC[C@H]4C3=O)ccc2C)c(C)c1. The number of rotatable bonds is 8. The van der Waals surface area contributed by atoms with E-state index < -0.39 is 10.0 Å². The Morgan fingerprint density at radius 2 is 1.54 bits per heavy atom. The quantitative estimate of drug-likeness (QED) is 0.538. The first-order valence-corrected chi connectivity index (χ1v) is 14.0. The maximum atomic E-state index is 13.4. The molecule has 0 unspecified atom stereocenters. The summed E-state index contributed by atoms with van der Waals surface area (Å²) in [5.41, 5.74) is 3.65. The summed E-state index contributed by atoms with van der Waals surface area (Å²) >= 11 is 0. The second kappa shape index (κ2) is 10.0. The Morgan fingerprint density at radius 1 is 0.914 bits per heavy atom. The predicted molar refractivity (Wildman–Crippen MR) is 138 cm³/mol. The van der Waals surface area contributed by atoms with Crippen LogP contribution < -0.4 is 9.62 Å². The van der Waals surface area contributed by atoms with Crippen molar-refractivity contribution in [1.82, 2.24) is 4.90 Å². The van der Waals surface area contributed by atoms with Gasteiger partial charge in [-0.1, -0.05) is 25.0 Å². The minimum Gasteiger partial charge on any atom is -0.372 e. The van der Waals surface area contributed by atoms with Crippen LogP contribution in [-0.4, -0.2) is 38.2 Å². The third kappa shape index (κ3) is 4.94. The molecule has 188 valence electrons. The van der Waals surface area contributed by atoms with Crippen LogP contribution in [0.4, 0.5) is 11.4 Å². The molecule has 2 amide bonds. The standard InChI is InChI=1S/C27H35N3O4S/c1-5-29(6-2)21-13-14-24(19(4)15-21)28-35(33,34)25-16-20(12-11-18(25)3)17-30-26(31)22-9-7-8-10-23(22)27(30)32/h11-16,22-23,28H,5-10,17H2,1-4H3/t22-,23-/m1/s1. The van der Waals surface area contributed by atoms with Crippen molar-refractivity contribution in [2.45, 2.75) is 64.8 Å². The number of amides is 2. The van der Waals surface area contributed by atoms with Gasteiger partial charge in [-0.15, -0.1) is 0 Å². The Kier molecular flexibility index (Phi) is 7.22. The second-order valence-electron chi connectivity index (χ2n) is 9.64. The highest BCUT2D eigenvalue weighted by Crippen LogP contribution is 2.38. The van der Waals surface area contributed by atoms with E-state index in [1.165, 1.54) is 4.90 Å². The normalized spacial score (nSPS) is 20.2. The molecule has 7 nitrogen and oxygen atoms in total. The van der Waals surface area contributed by atoms with Crippen molar-refractivity contribution in [3.63, 3.8) is 0 Å². The van der Waals surface area contributed by atoms with E-state index in [9.17, 15) is 18.0 Å². The number of sulfonamides is 1. The van der Waals surface area contributed by atoms with E-state index in [1.54, 1.807) is 31.2 Å². The Hall–Kier alpha value is -2.87. The van der Waals surface area contributed by atoms with Gasteiger partial charge in [0.1, 0.15) is 0 Å². The zero-order valence-electron chi connectivity index (χ0n) is 21.0. The van der Waals surface area contributed by atoms with E-state index >= 15 is 0 Å². The smallest absolute Gasteiger partial charge is 0.262 e. The van der Waals surface area contributed by atoms with Gasteiger partial charge in [0, 0.05) is 18.8 Å². The molecule has 1 aliphatic heterocycles. The highest BCUT2D eigenvalue weighted by atomic mass is 32.2. The number of hydrogen-bond donors (Lipinski definition) is 1. The first-order valence-electron chi connectivity index (χ1n) is 12.5. The molecule has 8 heteroatoms. The van der Waals surface area contributed by atoms with Crippen LogP contribution in [0.15, 0.2) is 41.3 Å². The molecular weight excluding hydrogens is 462 g/mol. The predicted octanol–water partition coefficient (Wildman–Crippen LogP) is 4.63. The van der Waals surface area contributed by atoms with Crippen molar-refractivity contribution < 1.29 is 18.0 Å². The van der Waals surface area contributed by atoms with Crippen LogP contribution in [0, 0.1) is 25.7 Å². The van der Waals surface area contributed by atoms with Crippen LogP contribution in [0.2, 0.25) is 0 Å². The lowest BCUT2D eigenvalue weighted by Crippen LogP contribution is -2.30. The summed E-state index contributed by atoms with van der Waals surface area (Å²) in [6, 6.07) is 10.8. The molecule has 1 saturated heterocycles. The van der Waals surface area contributed by atoms with Crippen LogP contribution >= 0.6 is 0 Å². The average Bonchev–Trinajstić information content (AvgIpc) is 3.07. The van der Waals surface area contributed by atoms with Crippen molar-refractivity contribution >= 4 is 33.2 Å². The zero-order chi connectivity index (χ0) is 25.3. The monoisotopic (exact) mass is 497 g/mol. The van der Waals surface area contributed by atoms with E-state index in [0.717, 1.165) is 50.0 Å². The lowest BCUT2D eigenvalue weighted by molar-refractivity contribution is -0.140. The fraction of sp³-hybridized carbons (Fsp3) is 0.481. The van der Waals surface area contributed by atoms with Gasteiger partial charge >= 0.3 is 0 Å². The van der Waals surface area contributed by atoms with Gasteiger partial charge in [0.15, 0.2) is 0 Å². The van der Waals surface area contributed by atoms with Gasteiger partial charge in [-0.05, 0) is 81.5 Å². The minimum absolute atomic E-state index is 0.102. The summed E-state index contributed by atoms with van der Waals surface area (Å²) in [7, 11) is -3.87. The summed E-state index contributed by atoms with van der Waals surface area (Å²) in [5, 5.41) is 0. The number of carbonyl (C=O) groups is 2. The summed E-state index contributed by atoms with van der Waals surface area (Å²) in [6.45, 7) is 9.65. The molecule has 35 heavy (non-hydrogen) atoms. The molecule has 2 aromatic carbocycles. The van der Waals surface area contributed by atoms with Crippen LogP contribution in [-0.2, 0) is 26.2 Å². The van der Waals surface area contributed by atoms with Gasteiger partial charge in [-0.25, -0.2) is 8.42 Å². The highest BCUT2D eigenvalue weighted by Gasteiger charge is 2.47. The molecule has 1 saturated carbocycles. The van der Waals surface area contributed by atoms with Crippen molar-refractivity contribution in [3.05, 3.63) is 53.1 Å². The average molecular weight is 498 g/mol. The number of benzene rings is 2. The first-order chi connectivity index (χ1) is 16.7. The number of likely N-dealkylation sites (tertiary alicyclic amines) is 1. The number of anilines is 2. The van der Waals surface area contributed by atoms with E-state index in [0.29, 0.717) is 16.8 Å². The van der Waals surface area contributed by atoms with E-state index in [2.05, 4.69) is 23.5 Å². The molecule has 0 radical (unpaired) electrons. The molecule has 0 aromatic heterocycles. The molecule has 2 atom stereocenters. The van der Waals surface area contributed by atoms with Gasteiger partial charge in [0.25, 0.3) is 10.0 Å². The number of aryl methyl sites for hydroxylation is 2. The molecule has 0 spiro atoms. The van der Waals surface area contributed by atoms with Gasteiger partial charge in [0.2, 0.25) is 11.8 Å². The van der Waals surface area contributed by atoms with Crippen LogP contribution in [0.25, 0.3) is 0 Å². The van der Waals surface area contributed by atoms with E-state index in [1.807, 2.05) is 19.1 Å². The van der Waals surface area contributed by atoms with Crippen LogP contribution in [0.3, 0.4) is 0 Å². The fourth-order valence-electron chi connectivity index (χ4n) is 5.35. The molecule has 2 aliphatic rings. The second-order valence-corrected chi connectivity index (χ2v) is 11.3.